The molecule has 0 bridgehead atoms. The van der Waals surface area contributed by atoms with Crippen LogP contribution in [0.15, 0.2) is 16.3 Å². The van der Waals surface area contributed by atoms with Crippen molar-refractivity contribution in [2.45, 2.75) is 50.2 Å². The van der Waals surface area contributed by atoms with Crippen molar-refractivity contribution in [2.75, 3.05) is 20.1 Å². The van der Waals surface area contributed by atoms with Crippen molar-refractivity contribution in [1.29, 1.82) is 0 Å². The molecule has 1 aromatic rings. The molecule has 120 valence electrons. The van der Waals surface area contributed by atoms with Crippen LogP contribution in [0.3, 0.4) is 0 Å². The van der Waals surface area contributed by atoms with Gasteiger partial charge in [-0.2, -0.15) is 0 Å². The highest BCUT2D eigenvalue weighted by Crippen LogP contribution is 2.20. The number of rotatable bonds is 7. The van der Waals surface area contributed by atoms with E-state index in [2.05, 4.69) is 28.8 Å². The van der Waals surface area contributed by atoms with E-state index in [0.717, 1.165) is 24.3 Å². The summed E-state index contributed by atoms with van der Waals surface area (Å²) in [5, 5.41) is 5.02. The van der Waals surface area contributed by atoms with Gasteiger partial charge in [-0.25, -0.2) is 13.1 Å². The van der Waals surface area contributed by atoms with E-state index in [0.29, 0.717) is 30.1 Å². The van der Waals surface area contributed by atoms with Gasteiger partial charge in [0.1, 0.15) is 0 Å². The molecule has 1 aliphatic rings. The Labute approximate surface area is 131 Å². The normalized spacial score (nSPS) is 20.5. The van der Waals surface area contributed by atoms with E-state index < -0.39 is 10.0 Å². The molecule has 1 unspecified atom stereocenters. The topological polar surface area (TPSA) is 61.4 Å². The van der Waals surface area contributed by atoms with Gasteiger partial charge in [0.05, 0.1) is 4.90 Å². The Kier molecular flexibility index (Phi) is 5.79. The number of hydrogen-bond acceptors (Lipinski definition) is 5. The Morgan fingerprint density at radius 3 is 2.86 bits per heavy atom. The number of nitrogens with zero attached hydrogens (tertiary/aromatic N) is 1. The summed E-state index contributed by atoms with van der Waals surface area (Å²) >= 11 is 1.48. The van der Waals surface area contributed by atoms with E-state index >= 15 is 0 Å². The Balaban J connectivity index is 1.92. The molecule has 7 heteroatoms. The van der Waals surface area contributed by atoms with Crippen LogP contribution < -0.4 is 10.0 Å². The summed E-state index contributed by atoms with van der Waals surface area (Å²) in [6.07, 6.45) is 2.21. The predicted octanol–water partition coefficient (Wildman–Crippen LogP) is 1.62. The molecule has 1 saturated heterocycles. The monoisotopic (exact) mass is 331 g/mol. The molecule has 5 nitrogen and oxygen atoms in total. The Morgan fingerprint density at radius 2 is 2.24 bits per heavy atom. The minimum absolute atomic E-state index is 0.320. The van der Waals surface area contributed by atoms with Crippen molar-refractivity contribution in [1.82, 2.24) is 14.9 Å². The molecule has 1 aliphatic heterocycles. The molecule has 1 atom stereocenters. The van der Waals surface area contributed by atoms with Crippen LogP contribution in [-0.4, -0.2) is 45.5 Å². The van der Waals surface area contributed by atoms with Crippen LogP contribution in [0.2, 0.25) is 0 Å². The highest BCUT2D eigenvalue weighted by atomic mass is 32.2. The zero-order chi connectivity index (χ0) is 15.5. The average Bonchev–Trinajstić information content (AvgIpc) is 3.03. The van der Waals surface area contributed by atoms with Gasteiger partial charge in [-0.3, -0.25) is 0 Å². The molecule has 0 saturated carbocycles. The number of nitrogens with one attached hydrogen (secondary N) is 2. The molecule has 2 rings (SSSR count). The Hall–Kier alpha value is -0.470. The van der Waals surface area contributed by atoms with Gasteiger partial charge < -0.3 is 10.2 Å². The summed E-state index contributed by atoms with van der Waals surface area (Å²) in [5.41, 5.74) is 0. The molecule has 0 radical (unpaired) electrons. The van der Waals surface area contributed by atoms with Gasteiger partial charge in [0.2, 0.25) is 10.0 Å². The van der Waals surface area contributed by atoms with Crippen molar-refractivity contribution in [3.05, 3.63) is 16.3 Å². The number of likely N-dealkylation sites (N-methyl/N-ethyl adjacent to an activating group) is 1. The third kappa shape index (κ3) is 4.75. The second-order valence-electron chi connectivity index (χ2n) is 5.91. The van der Waals surface area contributed by atoms with E-state index in [1.54, 1.807) is 11.4 Å². The zero-order valence-electron chi connectivity index (χ0n) is 12.9. The number of sulfonamides is 1. The lowest BCUT2D eigenvalue weighted by Crippen LogP contribution is -2.38. The first-order valence-electron chi connectivity index (χ1n) is 7.39. The largest absolute Gasteiger partial charge is 0.310 e. The van der Waals surface area contributed by atoms with E-state index in [4.69, 9.17) is 0 Å². The first-order chi connectivity index (χ1) is 9.88. The number of hydrogen-bond donors (Lipinski definition) is 2. The lowest BCUT2D eigenvalue weighted by molar-refractivity contribution is 0.311. The molecule has 1 fully saturated rings. The second-order valence-corrected chi connectivity index (χ2v) is 8.68. The maximum atomic E-state index is 12.3. The minimum atomic E-state index is -3.38. The third-order valence-electron chi connectivity index (χ3n) is 3.81. The van der Waals surface area contributed by atoms with Crippen LogP contribution in [0.4, 0.5) is 0 Å². The summed E-state index contributed by atoms with van der Waals surface area (Å²) in [7, 11) is -1.34. The lowest BCUT2D eigenvalue weighted by Gasteiger charge is -2.19. The van der Waals surface area contributed by atoms with Gasteiger partial charge in [0.25, 0.3) is 0 Å². The molecule has 0 aromatic carbocycles. The first kappa shape index (κ1) is 16.9. The summed E-state index contributed by atoms with van der Waals surface area (Å²) in [5.74, 6) is 0. The number of thiophene rings is 1. The Morgan fingerprint density at radius 1 is 1.48 bits per heavy atom. The van der Waals surface area contributed by atoms with Gasteiger partial charge >= 0.3 is 0 Å². The fraction of sp³-hybridized carbons (Fsp3) is 0.714. The van der Waals surface area contributed by atoms with E-state index in [9.17, 15) is 8.42 Å². The molecule has 0 amide bonds. The second kappa shape index (κ2) is 7.19. The third-order valence-corrected chi connectivity index (χ3v) is 6.29. The summed E-state index contributed by atoms with van der Waals surface area (Å²) in [4.78, 5) is 3.64. The van der Waals surface area contributed by atoms with Crippen molar-refractivity contribution in [2.24, 2.45) is 0 Å². The van der Waals surface area contributed by atoms with Gasteiger partial charge in [0.15, 0.2) is 0 Å². The molecular weight excluding hydrogens is 306 g/mol. The summed E-state index contributed by atoms with van der Waals surface area (Å²) < 4.78 is 27.3. The smallest absolute Gasteiger partial charge is 0.241 e. The van der Waals surface area contributed by atoms with Crippen LogP contribution in [0.25, 0.3) is 0 Å². The quantitative estimate of drug-likeness (QED) is 0.797. The van der Waals surface area contributed by atoms with E-state index in [1.165, 1.54) is 11.3 Å². The fourth-order valence-electron chi connectivity index (χ4n) is 2.43. The SMILES string of the molecule is CC(C)NCc1cc(S(=O)(=O)NCC2CCCN2C)cs1. The van der Waals surface area contributed by atoms with Crippen LogP contribution >= 0.6 is 11.3 Å². The van der Waals surface area contributed by atoms with Crippen LogP contribution in [0, 0.1) is 0 Å². The lowest BCUT2D eigenvalue weighted by atomic mass is 10.2. The van der Waals surface area contributed by atoms with Crippen LogP contribution in [-0.2, 0) is 16.6 Å². The summed E-state index contributed by atoms with van der Waals surface area (Å²) in [6.45, 7) is 6.41. The molecule has 2 heterocycles. The van der Waals surface area contributed by atoms with Crippen molar-refractivity contribution < 1.29 is 8.42 Å². The van der Waals surface area contributed by atoms with Gasteiger partial charge in [-0.15, -0.1) is 11.3 Å². The average molecular weight is 332 g/mol. The van der Waals surface area contributed by atoms with Gasteiger partial charge in [-0.1, -0.05) is 13.8 Å². The zero-order valence-corrected chi connectivity index (χ0v) is 14.6. The first-order valence-corrected chi connectivity index (χ1v) is 9.75. The standard InChI is InChI=1S/C14H25N3O2S2/c1-11(2)15-9-13-7-14(10-20-13)21(18,19)16-8-12-5-4-6-17(12)3/h7,10-12,15-16H,4-6,8-9H2,1-3H3. The maximum absolute atomic E-state index is 12.3. The summed E-state index contributed by atoms with van der Waals surface area (Å²) in [6, 6.07) is 2.48. The van der Waals surface area contributed by atoms with Crippen molar-refractivity contribution in [3.8, 4) is 0 Å². The molecule has 1 aromatic heterocycles. The van der Waals surface area contributed by atoms with Crippen molar-refractivity contribution >= 4 is 21.4 Å². The fourth-order valence-corrected chi connectivity index (χ4v) is 4.72. The molecule has 0 spiro atoms. The molecule has 0 aliphatic carbocycles. The Bertz CT molecular complexity index is 554. The van der Waals surface area contributed by atoms with Crippen LogP contribution in [0.1, 0.15) is 31.6 Å². The number of likely N-dealkylation sites (tertiary alicyclic amines) is 1. The highest BCUT2D eigenvalue weighted by Gasteiger charge is 2.24. The van der Waals surface area contributed by atoms with E-state index in [-0.39, 0.29) is 0 Å². The van der Waals surface area contributed by atoms with Gasteiger partial charge in [0, 0.05) is 35.4 Å². The minimum Gasteiger partial charge on any atom is -0.310 e. The van der Waals surface area contributed by atoms with Crippen molar-refractivity contribution in [3.63, 3.8) is 0 Å². The van der Waals surface area contributed by atoms with Gasteiger partial charge in [-0.05, 0) is 32.5 Å². The molecular formula is C14H25N3O2S2. The highest BCUT2D eigenvalue weighted by molar-refractivity contribution is 7.89. The van der Waals surface area contributed by atoms with E-state index in [1.807, 2.05) is 7.05 Å². The van der Waals surface area contributed by atoms with Crippen LogP contribution in [0.5, 0.6) is 0 Å². The molecule has 2 N–H and O–H groups in total. The predicted molar refractivity (Wildman–Crippen MR) is 87.1 cm³/mol. The maximum Gasteiger partial charge on any atom is 0.241 e. The molecule has 21 heavy (non-hydrogen) atoms.